The molecular formula is C44H55N3O8. The van der Waals surface area contributed by atoms with Crippen molar-refractivity contribution in [3.8, 4) is 5.75 Å². The Bertz CT molecular complexity index is 1860. The summed E-state index contributed by atoms with van der Waals surface area (Å²) in [5.74, 6) is -1.76. The lowest BCUT2D eigenvalue weighted by Gasteiger charge is -2.43. The number of hydrogen-bond acceptors (Lipinski definition) is 8. The Kier molecular flexibility index (Phi) is 12.7. The van der Waals surface area contributed by atoms with Crippen LogP contribution < -0.4 is 15.4 Å². The van der Waals surface area contributed by atoms with E-state index in [9.17, 15) is 24.0 Å². The second kappa shape index (κ2) is 17.1. The lowest BCUT2D eigenvalue weighted by atomic mass is 9.62. The van der Waals surface area contributed by atoms with E-state index in [1.54, 1.807) is 59.7 Å². The van der Waals surface area contributed by atoms with Crippen LogP contribution in [0.3, 0.4) is 0 Å². The number of ether oxygens (including phenoxy) is 3. The van der Waals surface area contributed by atoms with E-state index in [1.807, 2.05) is 65.6 Å². The molecule has 0 bridgehead atoms. The summed E-state index contributed by atoms with van der Waals surface area (Å²) in [5, 5.41) is 6.10. The molecule has 294 valence electrons. The molecular weight excluding hydrogens is 698 g/mol. The van der Waals surface area contributed by atoms with Crippen LogP contribution in [0.4, 0.5) is 0 Å². The van der Waals surface area contributed by atoms with Crippen LogP contribution >= 0.6 is 0 Å². The molecule has 0 saturated carbocycles. The first-order valence-electron chi connectivity index (χ1n) is 19.2. The molecule has 1 saturated heterocycles. The maximum atomic E-state index is 14.9. The number of amides is 3. The van der Waals surface area contributed by atoms with Gasteiger partial charge < -0.3 is 29.7 Å². The minimum Gasteiger partial charge on any atom is -0.496 e. The molecule has 3 amide bonds. The van der Waals surface area contributed by atoms with Gasteiger partial charge in [-0.2, -0.15) is 0 Å². The maximum Gasteiger partial charge on any atom is 0.329 e. The molecule has 0 unspecified atom stereocenters. The van der Waals surface area contributed by atoms with Gasteiger partial charge in [0.1, 0.15) is 23.0 Å². The predicted octanol–water partition coefficient (Wildman–Crippen LogP) is 6.23. The summed E-state index contributed by atoms with van der Waals surface area (Å²) in [7, 11) is 1.53. The van der Waals surface area contributed by atoms with Gasteiger partial charge in [0.2, 0.25) is 11.8 Å². The van der Waals surface area contributed by atoms with Crippen molar-refractivity contribution in [2.75, 3.05) is 20.2 Å². The average molecular weight is 754 g/mol. The van der Waals surface area contributed by atoms with E-state index in [0.717, 1.165) is 11.1 Å². The number of methoxy groups -OCH3 is 1. The smallest absolute Gasteiger partial charge is 0.329 e. The summed E-state index contributed by atoms with van der Waals surface area (Å²) in [4.78, 5) is 70.5. The second-order valence-corrected chi connectivity index (χ2v) is 16.4. The lowest BCUT2D eigenvalue weighted by Crippen LogP contribution is -2.54. The number of piperidine rings is 1. The zero-order chi connectivity index (χ0) is 40.0. The van der Waals surface area contributed by atoms with Gasteiger partial charge in [-0.1, -0.05) is 66.7 Å². The van der Waals surface area contributed by atoms with Crippen LogP contribution in [-0.4, -0.2) is 78.0 Å². The van der Waals surface area contributed by atoms with Gasteiger partial charge in [0.25, 0.3) is 5.91 Å². The molecule has 3 aromatic carbocycles. The highest BCUT2D eigenvalue weighted by Crippen LogP contribution is 2.48. The molecule has 11 nitrogen and oxygen atoms in total. The summed E-state index contributed by atoms with van der Waals surface area (Å²) >= 11 is 0. The highest BCUT2D eigenvalue weighted by molar-refractivity contribution is 5.98. The Hall–Kier alpha value is -5.19. The standard InChI is InChI=1S/C44H55N3O8/c1-42(2,3)54-37(48)22-21-35(40(51)55-43(4,5)6)46-41(52)44(29-15-9-8-10-16-29)26-23-32(31-17-11-13-19-34(31)44)39(50)47-27-24-30(25-28-47)45-38(49)33-18-12-14-20-36(33)53-7/h8-20,30,32,35H,21-28H2,1-7H3,(H,45,49)(H,46,52)/t32-,35-,44+/m0/s1. The van der Waals surface area contributed by atoms with E-state index in [2.05, 4.69) is 10.6 Å². The van der Waals surface area contributed by atoms with Crippen molar-refractivity contribution in [2.24, 2.45) is 0 Å². The van der Waals surface area contributed by atoms with E-state index in [-0.39, 0.29) is 30.7 Å². The van der Waals surface area contributed by atoms with Crippen molar-refractivity contribution in [1.29, 1.82) is 0 Å². The van der Waals surface area contributed by atoms with E-state index < -0.39 is 46.4 Å². The third-order valence-corrected chi connectivity index (χ3v) is 10.1. The van der Waals surface area contributed by atoms with Gasteiger partial charge in [-0.15, -0.1) is 0 Å². The van der Waals surface area contributed by atoms with Gasteiger partial charge in [-0.3, -0.25) is 19.2 Å². The number of esters is 2. The van der Waals surface area contributed by atoms with Crippen molar-refractivity contribution in [3.05, 3.63) is 101 Å². The van der Waals surface area contributed by atoms with Gasteiger partial charge in [-0.25, -0.2) is 4.79 Å². The van der Waals surface area contributed by atoms with Gasteiger partial charge in [-0.05, 0) is 102 Å². The number of likely N-dealkylation sites (tertiary alicyclic amines) is 1. The topological polar surface area (TPSA) is 140 Å². The van der Waals surface area contributed by atoms with Crippen molar-refractivity contribution < 1.29 is 38.2 Å². The number of benzene rings is 3. The summed E-state index contributed by atoms with van der Waals surface area (Å²) < 4.78 is 16.6. The SMILES string of the molecule is COc1ccccc1C(=O)NC1CCN(C(=O)[C@H]2CC[C@@](C(=O)N[C@@H](CCC(=O)OC(C)(C)C)C(=O)OC(C)(C)C)(c3ccccc3)c3ccccc32)CC1. The highest BCUT2D eigenvalue weighted by atomic mass is 16.6. The van der Waals surface area contributed by atoms with E-state index >= 15 is 0 Å². The third kappa shape index (κ3) is 9.92. The monoisotopic (exact) mass is 753 g/mol. The lowest BCUT2D eigenvalue weighted by molar-refractivity contribution is -0.160. The molecule has 3 aromatic rings. The maximum absolute atomic E-state index is 14.9. The van der Waals surface area contributed by atoms with Gasteiger partial charge in [0.15, 0.2) is 0 Å². The molecule has 55 heavy (non-hydrogen) atoms. The highest BCUT2D eigenvalue weighted by Gasteiger charge is 2.50. The average Bonchev–Trinajstić information content (AvgIpc) is 3.14. The summed E-state index contributed by atoms with van der Waals surface area (Å²) in [6, 6.07) is 22.8. The number of carbonyl (C=O) groups excluding carboxylic acids is 5. The molecule has 5 rings (SSSR count). The molecule has 11 heteroatoms. The van der Waals surface area contributed by atoms with Gasteiger partial charge >= 0.3 is 11.9 Å². The minimum atomic E-state index is -1.24. The van der Waals surface area contributed by atoms with Crippen LogP contribution in [0, 0.1) is 0 Å². The number of para-hydroxylation sites is 1. The Morgan fingerprint density at radius 1 is 0.800 bits per heavy atom. The quantitative estimate of drug-likeness (QED) is 0.220. The summed E-state index contributed by atoms with van der Waals surface area (Å²) in [6.07, 6.45) is 1.78. The minimum absolute atomic E-state index is 0.0154. The number of nitrogens with zero attached hydrogens (tertiary/aromatic N) is 1. The van der Waals surface area contributed by atoms with Crippen LogP contribution in [0.15, 0.2) is 78.9 Å². The molecule has 1 aliphatic heterocycles. The number of nitrogens with one attached hydrogen (secondary N) is 2. The predicted molar refractivity (Wildman–Crippen MR) is 209 cm³/mol. The Morgan fingerprint density at radius 2 is 1.42 bits per heavy atom. The zero-order valence-corrected chi connectivity index (χ0v) is 33.1. The molecule has 2 N–H and O–H groups in total. The first-order valence-corrected chi connectivity index (χ1v) is 19.2. The number of rotatable bonds is 11. The van der Waals surface area contributed by atoms with Crippen LogP contribution in [0.5, 0.6) is 5.75 Å². The molecule has 3 atom stereocenters. The number of carbonyl (C=O) groups is 5. The first-order chi connectivity index (χ1) is 26.0. The van der Waals surface area contributed by atoms with Crippen molar-refractivity contribution in [2.45, 2.75) is 115 Å². The van der Waals surface area contributed by atoms with E-state index in [1.165, 1.54) is 7.11 Å². The summed E-state index contributed by atoms with van der Waals surface area (Å²) in [5.41, 5.74) is -0.132. The Morgan fingerprint density at radius 3 is 2.07 bits per heavy atom. The fourth-order valence-corrected chi connectivity index (χ4v) is 7.60. The fraction of sp³-hybridized carbons (Fsp3) is 0.477. The molecule has 0 radical (unpaired) electrons. The van der Waals surface area contributed by atoms with Crippen LogP contribution in [-0.2, 0) is 34.1 Å². The summed E-state index contributed by atoms with van der Waals surface area (Å²) in [6.45, 7) is 11.5. The number of hydrogen-bond donors (Lipinski definition) is 2. The molecule has 1 fully saturated rings. The van der Waals surface area contributed by atoms with Crippen LogP contribution in [0.25, 0.3) is 0 Å². The Labute approximate surface area is 324 Å². The third-order valence-electron chi connectivity index (χ3n) is 10.1. The van der Waals surface area contributed by atoms with Crippen LogP contribution in [0.1, 0.15) is 113 Å². The van der Waals surface area contributed by atoms with Crippen LogP contribution in [0.2, 0.25) is 0 Å². The van der Waals surface area contributed by atoms with Crippen molar-refractivity contribution in [1.82, 2.24) is 15.5 Å². The second-order valence-electron chi connectivity index (χ2n) is 16.4. The normalized spacial score (nSPS) is 19.3. The van der Waals surface area contributed by atoms with E-state index in [4.69, 9.17) is 14.2 Å². The molecule has 0 spiro atoms. The zero-order valence-electron chi connectivity index (χ0n) is 33.1. The van der Waals surface area contributed by atoms with Gasteiger partial charge in [0.05, 0.1) is 24.0 Å². The van der Waals surface area contributed by atoms with Crippen molar-refractivity contribution in [3.63, 3.8) is 0 Å². The Balaban J connectivity index is 1.38. The first kappa shape index (κ1) is 41.0. The van der Waals surface area contributed by atoms with Gasteiger partial charge in [0, 0.05) is 25.6 Å². The molecule has 1 heterocycles. The number of fused-ring (bicyclic) bond motifs is 1. The van der Waals surface area contributed by atoms with E-state index in [0.29, 0.717) is 55.6 Å². The fourth-order valence-electron chi connectivity index (χ4n) is 7.60. The molecule has 1 aliphatic carbocycles. The van der Waals surface area contributed by atoms with Crippen molar-refractivity contribution >= 4 is 29.7 Å². The molecule has 0 aromatic heterocycles. The largest absolute Gasteiger partial charge is 0.496 e. The molecule has 2 aliphatic rings.